The van der Waals surface area contributed by atoms with Crippen LogP contribution in [-0.4, -0.2) is 84.2 Å². The number of hydrogen-bond donors (Lipinski definition) is 0. The molecule has 10 nitrogen and oxygen atoms in total. The number of rotatable bonds is 7. The van der Waals surface area contributed by atoms with Crippen molar-refractivity contribution >= 4 is 40.1 Å². The molecular weight excluding hydrogens is 602 g/mol. The van der Waals surface area contributed by atoms with Crippen molar-refractivity contribution in [2.24, 2.45) is 0 Å². The van der Waals surface area contributed by atoms with Crippen LogP contribution in [0, 0.1) is 0 Å². The molecule has 0 N–H and O–H groups in total. The normalized spacial score (nSPS) is 19.3. The van der Waals surface area contributed by atoms with E-state index in [4.69, 9.17) is 30.8 Å². The van der Waals surface area contributed by atoms with Crippen molar-refractivity contribution in [1.82, 2.24) is 19.2 Å². The zero-order valence-corrected chi connectivity index (χ0v) is 25.6. The number of benzene rings is 3. The number of methoxy groups -OCH3 is 1. The second-order valence-corrected chi connectivity index (χ2v) is 11.9. The Morgan fingerprint density at radius 1 is 1.00 bits per heavy atom. The summed E-state index contributed by atoms with van der Waals surface area (Å²) in [5, 5.41) is 1.24. The van der Waals surface area contributed by atoms with Gasteiger partial charge in [-0.3, -0.25) is 9.59 Å². The number of carbonyl (C=O) groups excluding carboxylic acids is 2. The van der Waals surface area contributed by atoms with E-state index in [9.17, 15) is 9.59 Å². The fourth-order valence-electron chi connectivity index (χ4n) is 6.16. The number of aromatic nitrogens is 2. The summed E-state index contributed by atoms with van der Waals surface area (Å²) in [7, 11) is 1.59. The Morgan fingerprint density at radius 3 is 2.50 bits per heavy atom. The van der Waals surface area contributed by atoms with Gasteiger partial charge in [-0.1, -0.05) is 60.1 Å². The van der Waals surface area contributed by atoms with Crippen LogP contribution < -0.4 is 14.4 Å². The largest absolute Gasteiger partial charge is 0.454 e. The number of amides is 2. The fraction of sp³-hybridized carbons (Fsp3) is 0.312. The summed E-state index contributed by atoms with van der Waals surface area (Å²) in [6.07, 6.45) is 0. The number of fused-ring (bicyclic) bond motifs is 2. The van der Waals surface area contributed by atoms with E-state index in [2.05, 4.69) is 9.27 Å². The van der Waals surface area contributed by atoms with E-state index < -0.39 is 12.0 Å². The van der Waals surface area contributed by atoms with Crippen LogP contribution in [0.3, 0.4) is 0 Å². The molecule has 226 valence electrons. The van der Waals surface area contributed by atoms with Gasteiger partial charge in [-0.05, 0) is 23.3 Å². The Bertz CT molecular complexity index is 1690. The molecule has 0 saturated carbocycles. The summed E-state index contributed by atoms with van der Waals surface area (Å²) >= 11 is 8.22. The summed E-state index contributed by atoms with van der Waals surface area (Å²) in [6, 6.07) is 20.1. The highest BCUT2D eigenvalue weighted by Crippen LogP contribution is 2.48. The Morgan fingerprint density at radius 2 is 1.73 bits per heavy atom. The standard InChI is InChI=1S/C32H30ClN5O5S/c1-41-16-15-38-28(23-17-25-26(18-24(23)33)43-19-42-25)27(21-9-5-6-10-22(21)30(38)39)31(40)36-11-13-37(14-12-36)32-34-29(35-44-32)20-7-3-2-4-8-20/h2-10,17-18,27-28H,11-16,19H2,1H3/t27-,28-/m0/s1. The molecule has 0 spiro atoms. The number of anilines is 1. The molecule has 4 heterocycles. The van der Waals surface area contributed by atoms with Gasteiger partial charge in [0, 0.05) is 73.6 Å². The highest BCUT2D eigenvalue weighted by atomic mass is 35.5. The van der Waals surface area contributed by atoms with Crippen molar-refractivity contribution in [1.29, 1.82) is 0 Å². The number of nitrogens with zero attached hydrogens (tertiary/aromatic N) is 5. The number of piperazine rings is 1. The van der Waals surface area contributed by atoms with Gasteiger partial charge >= 0.3 is 0 Å². The molecule has 4 aromatic rings. The number of hydrogen-bond acceptors (Lipinski definition) is 9. The molecule has 0 radical (unpaired) electrons. The van der Waals surface area contributed by atoms with E-state index in [1.807, 2.05) is 53.4 Å². The highest BCUT2D eigenvalue weighted by Gasteiger charge is 2.46. The van der Waals surface area contributed by atoms with Gasteiger partial charge in [0.1, 0.15) is 0 Å². The monoisotopic (exact) mass is 631 g/mol. The Balaban J connectivity index is 1.20. The fourth-order valence-corrected chi connectivity index (χ4v) is 7.17. The molecule has 1 aromatic heterocycles. The van der Waals surface area contributed by atoms with Crippen LogP contribution in [0.4, 0.5) is 5.13 Å². The summed E-state index contributed by atoms with van der Waals surface area (Å²) in [5.41, 5.74) is 2.81. The summed E-state index contributed by atoms with van der Waals surface area (Å²) < 4.78 is 21.2. The Hall–Kier alpha value is -4.19. The van der Waals surface area contributed by atoms with E-state index in [0.717, 1.165) is 10.7 Å². The second-order valence-electron chi connectivity index (χ2n) is 10.8. The zero-order valence-electron chi connectivity index (χ0n) is 24.0. The van der Waals surface area contributed by atoms with Gasteiger partial charge in [0.05, 0.1) is 18.6 Å². The van der Waals surface area contributed by atoms with Crippen molar-refractivity contribution in [3.63, 3.8) is 0 Å². The number of carbonyl (C=O) groups is 2. The topological polar surface area (TPSA) is 97.3 Å². The van der Waals surface area contributed by atoms with E-state index in [-0.39, 0.29) is 25.2 Å². The summed E-state index contributed by atoms with van der Waals surface area (Å²) in [6.45, 7) is 2.92. The first-order valence-electron chi connectivity index (χ1n) is 14.4. The van der Waals surface area contributed by atoms with Gasteiger partial charge in [0.15, 0.2) is 17.3 Å². The van der Waals surface area contributed by atoms with Crippen molar-refractivity contribution < 1.29 is 23.8 Å². The van der Waals surface area contributed by atoms with E-state index in [1.165, 1.54) is 11.5 Å². The molecule has 0 unspecified atom stereocenters. The Labute approximate surface area is 263 Å². The third-order valence-corrected chi connectivity index (χ3v) is 9.47. The van der Waals surface area contributed by atoms with Crippen molar-refractivity contribution in [3.05, 3.63) is 88.4 Å². The lowest BCUT2D eigenvalue weighted by Gasteiger charge is -2.44. The third kappa shape index (κ3) is 5.14. The van der Waals surface area contributed by atoms with Gasteiger partial charge < -0.3 is 28.9 Å². The Kier molecular flexibility index (Phi) is 7.84. The van der Waals surface area contributed by atoms with Gasteiger partial charge in [-0.2, -0.15) is 9.36 Å². The molecule has 2 atom stereocenters. The zero-order chi connectivity index (χ0) is 30.2. The molecular formula is C32H30ClN5O5S. The van der Waals surface area contributed by atoms with Crippen LogP contribution in [0.5, 0.6) is 11.5 Å². The third-order valence-electron chi connectivity index (χ3n) is 8.36. The average molecular weight is 632 g/mol. The number of ether oxygens (including phenoxy) is 3. The minimum Gasteiger partial charge on any atom is -0.454 e. The van der Waals surface area contributed by atoms with Crippen molar-refractivity contribution in [3.8, 4) is 22.9 Å². The number of halogens is 1. The molecule has 2 amide bonds. The lowest BCUT2D eigenvalue weighted by Crippen LogP contribution is -2.53. The first-order valence-corrected chi connectivity index (χ1v) is 15.6. The van der Waals surface area contributed by atoms with Gasteiger partial charge in [-0.25, -0.2) is 0 Å². The molecule has 3 aliphatic heterocycles. The second kappa shape index (κ2) is 12.1. The maximum absolute atomic E-state index is 14.6. The molecule has 1 fully saturated rings. The predicted octanol–water partition coefficient (Wildman–Crippen LogP) is 4.86. The average Bonchev–Trinajstić information content (AvgIpc) is 3.74. The lowest BCUT2D eigenvalue weighted by atomic mass is 9.78. The van der Waals surface area contributed by atoms with E-state index in [1.54, 1.807) is 30.2 Å². The van der Waals surface area contributed by atoms with Gasteiger partial charge in [0.2, 0.25) is 17.8 Å². The lowest BCUT2D eigenvalue weighted by molar-refractivity contribution is -0.135. The van der Waals surface area contributed by atoms with E-state index in [0.29, 0.717) is 71.8 Å². The van der Waals surface area contributed by atoms with Crippen molar-refractivity contribution in [2.75, 3.05) is 58.1 Å². The minimum atomic E-state index is -0.684. The quantitative estimate of drug-likeness (QED) is 0.285. The van der Waals surface area contributed by atoms with E-state index >= 15 is 0 Å². The predicted molar refractivity (Wildman–Crippen MR) is 167 cm³/mol. The maximum Gasteiger partial charge on any atom is 0.254 e. The van der Waals surface area contributed by atoms with Crippen LogP contribution in [0.25, 0.3) is 11.4 Å². The van der Waals surface area contributed by atoms with Crippen molar-refractivity contribution in [2.45, 2.75) is 12.0 Å². The molecule has 7 rings (SSSR count). The molecule has 3 aromatic carbocycles. The molecule has 0 bridgehead atoms. The van der Waals surface area contributed by atoms with Crippen LogP contribution in [0.1, 0.15) is 33.4 Å². The minimum absolute atomic E-state index is 0.0620. The SMILES string of the molecule is COCCN1C(=O)c2ccccc2[C@H](C(=O)N2CCN(c3nc(-c4ccccc4)ns3)CC2)[C@@H]1c1cc2c(cc1Cl)OCO2. The first-order chi connectivity index (χ1) is 21.5. The maximum atomic E-state index is 14.6. The summed E-state index contributed by atoms with van der Waals surface area (Å²) in [5.74, 6) is 0.859. The van der Waals surface area contributed by atoms with Crippen LogP contribution in [0.15, 0.2) is 66.7 Å². The van der Waals surface area contributed by atoms with Crippen LogP contribution in [-0.2, 0) is 9.53 Å². The van der Waals surface area contributed by atoms with Crippen LogP contribution >= 0.6 is 23.1 Å². The molecule has 3 aliphatic rings. The summed E-state index contributed by atoms with van der Waals surface area (Å²) in [4.78, 5) is 39.1. The smallest absolute Gasteiger partial charge is 0.254 e. The van der Waals surface area contributed by atoms with Crippen LogP contribution in [0.2, 0.25) is 5.02 Å². The first kappa shape index (κ1) is 28.6. The van der Waals surface area contributed by atoms with Gasteiger partial charge in [0.25, 0.3) is 5.91 Å². The molecule has 1 saturated heterocycles. The highest BCUT2D eigenvalue weighted by molar-refractivity contribution is 7.09. The molecule has 44 heavy (non-hydrogen) atoms. The molecule has 0 aliphatic carbocycles. The van der Waals surface area contributed by atoms with Gasteiger partial charge in [-0.15, -0.1) is 0 Å². The molecule has 12 heteroatoms.